The zero-order valence-electron chi connectivity index (χ0n) is 14.2. The van der Waals surface area contributed by atoms with Crippen LogP contribution in [0.3, 0.4) is 0 Å². The number of para-hydroxylation sites is 2. The molecule has 0 spiro atoms. The Hall–Kier alpha value is -2.63. The van der Waals surface area contributed by atoms with E-state index in [0.717, 1.165) is 5.82 Å². The minimum absolute atomic E-state index is 0.138. The number of amides is 1. The summed E-state index contributed by atoms with van der Waals surface area (Å²) in [7, 11) is 0. The van der Waals surface area contributed by atoms with Crippen LogP contribution in [0, 0.1) is 0 Å². The summed E-state index contributed by atoms with van der Waals surface area (Å²) in [5.74, 6) is 1.64. The molecule has 0 saturated carbocycles. The van der Waals surface area contributed by atoms with Gasteiger partial charge in [-0.25, -0.2) is 9.97 Å². The number of benzene rings is 1. The first-order valence-corrected chi connectivity index (χ1v) is 7.90. The van der Waals surface area contributed by atoms with Gasteiger partial charge in [-0.2, -0.15) is 0 Å². The number of aromatic nitrogens is 2. The summed E-state index contributed by atoms with van der Waals surface area (Å²) >= 11 is 0. The highest BCUT2D eigenvalue weighted by Gasteiger charge is 2.34. The van der Waals surface area contributed by atoms with Crippen molar-refractivity contribution in [1.29, 1.82) is 0 Å². The van der Waals surface area contributed by atoms with E-state index < -0.39 is 12.2 Å². The topological polar surface area (TPSA) is 73.3 Å². The molecule has 6 nitrogen and oxygen atoms in total. The molecular formula is C18H21N3O3. The van der Waals surface area contributed by atoms with Crippen molar-refractivity contribution in [3.63, 3.8) is 0 Å². The Morgan fingerprint density at radius 1 is 1.08 bits per heavy atom. The fraction of sp³-hybridized carbons (Fsp3) is 0.389. The number of fused-ring (bicyclic) bond motifs is 1. The molecule has 1 aliphatic heterocycles. The molecule has 0 fully saturated rings. The van der Waals surface area contributed by atoms with Crippen molar-refractivity contribution in [2.45, 2.75) is 45.3 Å². The SMILES string of the molecule is CC1Oc2ccccc2OC1C(=O)Nc1cnc(C(C)(C)C)nc1. The van der Waals surface area contributed by atoms with E-state index >= 15 is 0 Å². The minimum Gasteiger partial charge on any atom is -0.482 e. The number of hydrogen-bond donors (Lipinski definition) is 1. The third-order valence-electron chi connectivity index (χ3n) is 3.69. The molecule has 2 atom stereocenters. The molecule has 2 unspecified atom stereocenters. The van der Waals surface area contributed by atoms with Crippen molar-refractivity contribution in [3.8, 4) is 11.5 Å². The number of carbonyl (C=O) groups excluding carboxylic acids is 1. The average Bonchev–Trinajstić information content (AvgIpc) is 2.53. The highest BCUT2D eigenvalue weighted by Crippen LogP contribution is 2.33. The molecule has 1 amide bonds. The maximum absolute atomic E-state index is 12.5. The van der Waals surface area contributed by atoms with Crippen LogP contribution in [0.25, 0.3) is 0 Å². The van der Waals surface area contributed by atoms with Gasteiger partial charge < -0.3 is 14.8 Å². The lowest BCUT2D eigenvalue weighted by Gasteiger charge is -2.30. The third-order valence-corrected chi connectivity index (χ3v) is 3.69. The van der Waals surface area contributed by atoms with Crippen LogP contribution in [0.1, 0.15) is 33.5 Å². The van der Waals surface area contributed by atoms with E-state index in [-0.39, 0.29) is 11.3 Å². The zero-order valence-corrected chi connectivity index (χ0v) is 14.2. The number of nitrogens with one attached hydrogen (secondary N) is 1. The normalized spacial score (nSPS) is 19.7. The van der Waals surface area contributed by atoms with Crippen LogP contribution in [-0.2, 0) is 10.2 Å². The van der Waals surface area contributed by atoms with Crippen LogP contribution >= 0.6 is 0 Å². The summed E-state index contributed by atoms with van der Waals surface area (Å²) in [6.45, 7) is 7.91. The monoisotopic (exact) mass is 327 g/mol. The standard InChI is InChI=1S/C18H21N3O3/c1-11-15(24-14-8-6-5-7-13(14)23-11)16(22)21-12-9-19-17(20-10-12)18(2,3)4/h5-11,15H,1-4H3,(H,21,22). The average molecular weight is 327 g/mol. The van der Waals surface area contributed by atoms with Crippen molar-refractivity contribution in [2.75, 3.05) is 5.32 Å². The van der Waals surface area contributed by atoms with Crippen LogP contribution < -0.4 is 14.8 Å². The van der Waals surface area contributed by atoms with Gasteiger partial charge in [0, 0.05) is 5.41 Å². The predicted octanol–water partition coefficient (Wildman–Crippen LogP) is 2.94. The van der Waals surface area contributed by atoms with Crippen LogP contribution in [0.15, 0.2) is 36.7 Å². The maximum Gasteiger partial charge on any atom is 0.269 e. The number of nitrogens with zero attached hydrogens (tertiary/aromatic N) is 2. The van der Waals surface area contributed by atoms with Crippen molar-refractivity contribution < 1.29 is 14.3 Å². The highest BCUT2D eigenvalue weighted by molar-refractivity contribution is 5.94. The highest BCUT2D eigenvalue weighted by atomic mass is 16.6. The van der Waals surface area contributed by atoms with E-state index in [1.807, 2.05) is 39.0 Å². The molecular weight excluding hydrogens is 306 g/mol. The third kappa shape index (κ3) is 3.32. The van der Waals surface area contributed by atoms with Crippen molar-refractivity contribution in [2.24, 2.45) is 0 Å². The molecule has 2 aromatic rings. The predicted molar refractivity (Wildman–Crippen MR) is 90.3 cm³/mol. The fourth-order valence-electron chi connectivity index (χ4n) is 2.40. The molecule has 3 rings (SSSR count). The Morgan fingerprint density at radius 2 is 1.67 bits per heavy atom. The van der Waals surface area contributed by atoms with E-state index in [9.17, 15) is 4.79 Å². The van der Waals surface area contributed by atoms with Crippen molar-refractivity contribution >= 4 is 11.6 Å². The molecule has 0 aliphatic carbocycles. The molecule has 24 heavy (non-hydrogen) atoms. The van der Waals surface area contributed by atoms with Crippen LogP contribution in [0.4, 0.5) is 5.69 Å². The van der Waals surface area contributed by atoms with Crippen LogP contribution in [0.2, 0.25) is 0 Å². The van der Waals surface area contributed by atoms with Gasteiger partial charge >= 0.3 is 0 Å². The van der Waals surface area contributed by atoms with Gasteiger partial charge in [-0.1, -0.05) is 32.9 Å². The largest absolute Gasteiger partial charge is 0.482 e. The molecule has 1 aliphatic rings. The molecule has 2 heterocycles. The first kappa shape index (κ1) is 16.2. The molecule has 1 aromatic heterocycles. The first-order chi connectivity index (χ1) is 11.3. The van der Waals surface area contributed by atoms with E-state index in [2.05, 4.69) is 15.3 Å². The van der Waals surface area contributed by atoms with E-state index in [4.69, 9.17) is 9.47 Å². The van der Waals surface area contributed by atoms with Gasteiger partial charge in [0.1, 0.15) is 11.9 Å². The number of ether oxygens (including phenoxy) is 2. The van der Waals surface area contributed by atoms with E-state index in [0.29, 0.717) is 17.2 Å². The summed E-state index contributed by atoms with van der Waals surface area (Å²) < 4.78 is 11.5. The smallest absolute Gasteiger partial charge is 0.269 e. The van der Waals surface area contributed by atoms with Gasteiger partial charge in [0.2, 0.25) is 6.10 Å². The Balaban J connectivity index is 1.71. The summed E-state index contributed by atoms with van der Waals surface area (Å²) in [5.41, 5.74) is 0.392. The number of hydrogen-bond acceptors (Lipinski definition) is 5. The minimum atomic E-state index is -0.734. The molecule has 0 radical (unpaired) electrons. The Labute approximate surface area is 141 Å². The molecule has 1 N–H and O–H groups in total. The number of rotatable bonds is 2. The second kappa shape index (κ2) is 6.11. The second-order valence-corrected chi connectivity index (χ2v) is 6.84. The maximum atomic E-state index is 12.5. The van der Waals surface area contributed by atoms with Gasteiger partial charge in [-0.3, -0.25) is 4.79 Å². The first-order valence-electron chi connectivity index (χ1n) is 7.90. The van der Waals surface area contributed by atoms with Gasteiger partial charge in [-0.05, 0) is 19.1 Å². The summed E-state index contributed by atoms with van der Waals surface area (Å²) in [4.78, 5) is 21.1. The van der Waals surface area contributed by atoms with Crippen LogP contribution in [-0.4, -0.2) is 28.1 Å². The molecule has 0 saturated heterocycles. The zero-order chi connectivity index (χ0) is 17.3. The lowest BCUT2D eigenvalue weighted by atomic mass is 9.96. The lowest BCUT2D eigenvalue weighted by molar-refractivity contribution is -0.128. The van der Waals surface area contributed by atoms with Crippen LogP contribution in [0.5, 0.6) is 11.5 Å². The van der Waals surface area contributed by atoms with Gasteiger partial charge in [-0.15, -0.1) is 0 Å². The van der Waals surface area contributed by atoms with Crippen molar-refractivity contribution in [3.05, 3.63) is 42.5 Å². The Kier molecular flexibility index (Phi) is 4.13. The number of carbonyl (C=O) groups is 1. The lowest BCUT2D eigenvalue weighted by Crippen LogP contribution is -2.46. The summed E-state index contributed by atoms with van der Waals surface area (Å²) in [6.07, 6.45) is 2.08. The fourth-order valence-corrected chi connectivity index (χ4v) is 2.40. The van der Waals surface area contributed by atoms with Crippen molar-refractivity contribution in [1.82, 2.24) is 9.97 Å². The summed E-state index contributed by atoms with van der Waals surface area (Å²) in [5, 5.41) is 2.78. The Bertz CT molecular complexity index is 738. The van der Waals surface area contributed by atoms with Gasteiger partial charge in [0.15, 0.2) is 11.5 Å². The van der Waals surface area contributed by atoms with E-state index in [1.54, 1.807) is 25.4 Å². The quantitative estimate of drug-likeness (QED) is 0.918. The molecule has 126 valence electrons. The Morgan fingerprint density at radius 3 is 2.25 bits per heavy atom. The van der Waals surface area contributed by atoms with E-state index in [1.165, 1.54) is 0 Å². The second-order valence-electron chi connectivity index (χ2n) is 6.84. The van der Waals surface area contributed by atoms with Gasteiger partial charge in [0.05, 0.1) is 18.1 Å². The number of anilines is 1. The van der Waals surface area contributed by atoms with Gasteiger partial charge in [0.25, 0.3) is 5.91 Å². The molecule has 0 bridgehead atoms. The molecule has 1 aromatic carbocycles. The summed E-state index contributed by atoms with van der Waals surface area (Å²) in [6, 6.07) is 7.30. The molecule has 6 heteroatoms.